The number of hydrogen-bond acceptors (Lipinski definition) is 7. The van der Waals surface area contributed by atoms with Crippen LogP contribution in [0.15, 0.2) is 72.8 Å². The van der Waals surface area contributed by atoms with Gasteiger partial charge in [-0.05, 0) is 40.7 Å². The molecule has 0 aliphatic carbocycles. The summed E-state index contributed by atoms with van der Waals surface area (Å²) in [7, 11) is 0. The third-order valence-electron chi connectivity index (χ3n) is 9.69. The lowest BCUT2D eigenvalue weighted by molar-refractivity contribution is -0.277. The zero-order chi connectivity index (χ0) is 34.5. The molecule has 0 unspecified atom stereocenters. The predicted octanol–water partition coefficient (Wildman–Crippen LogP) is 5.14. The van der Waals surface area contributed by atoms with Crippen molar-refractivity contribution in [3.63, 3.8) is 0 Å². The Kier molecular flexibility index (Phi) is 11.0. The number of likely N-dealkylation sites (tertiary alicyclic amines) is 1. The van der Waals surface area contributed by atoms with Gasteiger partial charge in [-0.15, -0.1) is 0 Å². The third-order valence-corrected chi connectivity index (χ3v) is 9.69. The van der Waals surface area contributed by atoms with Gasteiger partial charge in [0.25, 0.3) is 0 Å². The van der Waals surface area contributed by atoms with Crippen LogP contribution in [0.3, 0.4) is 0 Å². The molecule has 3 aromatic rings. The monoisotopic (exact) mass is 681 g/mol. The van der Waals surface area contributed by atoms with Crippen LogP contribution in [0.5, 0.6) is 0 Å². The highest BCUT2D eigenvalue weighted by Gasteiger charge is 2.47. The molecule has 3 heterocycles. The molecule has 0 aromatic heterocycles. The molecule has 3 saturated heterocycles. The summed E-state index contributed by atoms with van der Waals surface area (Å²) in [5, 5.41) is 12.3. The van der Waals surface area contributed by atoms with E-state index in [1.165, 1.54) is 0 Å². The number of alkyl halides is 3. The summed E-state index contributed by atoms with van der Waals surface area (Å²) < 4.78 is 58.0. The first kappa shape index (κ1) is 35.0. The maximum absolute atomic E-state index is 13.1. The lowest BCUT2D eigenvalue weighted by Crippen LogP contribution is -2.50. The van der Waals surface area contributed by atoms with Crippen LogP contribution in [-0.2, 0) is 37.0 Å². The van der Waals surface area contributed by atoms with E-state index in [9.17, 15) is 27.9 Å². The van der Waals surface area contributed by atoms with Crippen LogP contribution in [0.2, 0.25) is 0 Å². The zero-order valence-electron chi connectivity index (χ0n) is 27.4. The molecule has 0 radical (unpaired) electrons. The Bertz CT molecular complexity index is 1580. The summed E-state index contributed by atoms with van der Waals surface area (Å²) in [6.45, 7) is 5.91. The molecule has 6 rings (SSSR count). The summed E-state index contributed by atoms with van der Waals surface area (Å²) in [5.41, 5.74) is 5.22. The molecule has 49 heavy (non-hydrogen) atoms. The largest absolute Gasteiger partial charge is 0.471 e. The van der Waals surface area contributed by atoms with Crippen molar-refractivity contribution in [3.8, 4) is 11.1 Å². The molecule has 0 spiro atoms. The number of carbonyl (C=O) groups is 2. The Balaban J connectivity index is 1.17. The Hall–Kier alpha value is -3.81. The predicted molar refractivity (Wildman–Crippen MR) is 175 cm³/mol. The lowest BCUT2D eigenvalue weighted by Gasteiger charge is -2.43. The van der Waals surface area contributed by atoms with E-state index < -0.39 is 30.3 Å². The van der Waals surface area contributed by atoms with E-state index >= 15 is 0 Å². The number of morpholine rings is 1. The highest BCUT2D eigenvalue weighted by molar-refractivity contribution is 5.90. The van der Waals surface area contributed by atoms with Crippen LogP contribution in [-0.4, -0.2) is 84.4 Å². The molecule has 0 bridgehead atoms. The SMILES string of the molecule is C[C@H]1[C@@H](CN2CCOCC2)O[C@@H](c2ccc(-c3ccccc3CNC(=O)[C@@H]3CCCN3C(=O)C(F)(F)F)cc2)O[C@H]1c1ccc(CO)cc1. The fourth-order valence-electron chi connectivity index (χ4n) is 6.89. The highest BCUT2D eigenvalue weighted by atomic mass is 19.4. The number of aliphatic hydroxyl groups excluding tert-OH is 1. The first-order valence-electron chi connectivity index (χ1n) is 16.8. The minimum atomic E-state index is -5.02. The van der Waals surface area contributed by atoms with Crippen LogP contribution in [0.25, 0.3) is 11.1 Å². The smallest absolute Gasteiger partial charge is 0.392 e. The molecule has 3 fully saturated rings. The topological polar surface area (TPSA) is 101 Å². The molecule has 9 nitrogen and oxygen atoms in total. The maximum atomic E-state index is 13.1. The fraction of sp³-hybridized carbons (Fsp3) is 0.459. The van der Waals surface area contributed by atoms with Gasteiger partial charge < -0.3 is 29.5 Å². The van der Waals surface area contributed by atoms with Crippen LogP contribution in [0, 0.1) is 5.92 Å². The van der Waals surface area contributed by atoms with E-state index in [0.717, 1.165) is 53.0 Å². The molecule has 2 amide bonds. The summed E-state index contributed by atoms with van der Waals surface area (Å²) in [6, 6.07) is 22.0. The number of carbonyl (C=O) groups excluding carboxylic acids is 2. The van der Waals surface area contributed by atoms with Crippen molar-refractivity contribution in [3.05, 3.63) is 95.1 Å². The standard InChI is InChI=1S/C37H42F3N3O6/c1-24-32(22-42-17-19-47-20-18-42)48-35(49-33(24)27-10-8-25(23-44)9-11-27)28-14-12-26(13-15-28)30-6-3-2-5-29(30)21-41-34(45)31-7-4-16-43(31)36(46)37(38,39)40/h2-3,5-6,8-15,24,31-33,35,44H,4,7,16-23H2,1H3,(H,41,45)/t24-,31-,32+,33+,35+/m0/s1. The van der Waals surface area contributed by atoms with Crippen molar-refractivity contribution in [1.29, 1.82) is 0 Å². The van der Waals surface area contributed by atoms with Crippen molar-refractivity contribution >= 4 is 11.8 Å². The van der Waals surface area contributed by atoms with E-state index in [1.54, 1.807) is 0 Å². The van der Waals surface area contributed by atoms with Gasteiger partial charge in [0.15, 0.2) is 6.29 Å². The van der Waals surface area contributed by atoms with Crippen LogP contribution in [0.4, 0.5) is 13.2 Å². The molecule has 2 N–H and O–H groups in total. The van der Waals surface area contributed by atoms with Gasteiger partial charge in [0.1, 0.15) is 6.04 Å². The van der Waals surface area contributed by atoms with E-state index in [0.29, 0.717) is 24.5 Å². The van der Waals surface area contributed by atoms with Gasteiger partial charge >= 0.3 is 12.1 Å². The van der Waals surface area contributed by atoms with Crippen LogP contribution < -0.4 is 5.32 Å². The van der Waals surface area contributed by atoms with Gasteiger partial charge in [-0.1, -0.05) is 79.7 Å². The number of benzene rings is 3. The number of amides is 2. The summed E-state index contributed by atoms with van der Waals surface area (Å²) >= 11 is 0. The van der Waals surface area contributed by atoms with Gasteiger partial charge in [0.05, 0.1) is 32.0 Å². The van der Waals surface area contributed by atoms with Crippen LogP contribution in [0.1, 0.15) is 54.4 Å². The van der Waals surface area contributed by atoms with Gasteiger partial charge in [0, 0.05) is 44.2 Å². The van der Waals surface area contributed by atoms with E-state index in [4.69, 9.17) is 14.2 Å². The summed E-state index contributed by atoms with van der Waals surface area (Å²) in [5.74, 6) is -2.53. The number of hydrogen-bond donors (Lipinski definition) is 2. The minimum Gasteiger partial charge on any atom is -0.392 e. The van der Waals surface area contributed by atoms with E-state index in [-0.39, 0.29) is 44.2 Å². The first-order chi connectivity index (χ1) is 23.6. The molecule has 3 aliphatic heterocycles. The van der Waals surface area contributed by atoms with Crippen LogP contribution >= 0.6 is 0 Å². The molecular formula is C37H42F3N3O6. The third kappa shape index (κ3) is 8.16. The van der Waals surface area contributed by atoms with Gasteiger partial charge in [-0.3, -0.25) is 14.5 Å². The Labute approximate surface area is 283 Å². The van der Waals surface area contributed by atoms with E-state index in [1.807, 2.05) is 72.8 Å². The van der Waals surface area contributed by atoms with Crippen molar-refractivity contribution in [2.75, 3.05) is 39.4 Å². The lowest BCUT2D eigenvalue weighted by atomic mass is 9.90. The average Bonchev–Trinajstić information content (AvgIpc) is 3.62. The Morgan fingerprint density at radius 2 is 1.61 bits per heavy atom. The second kappa shape index (κ2) is 15.4. The highest BCUT2D eigenvalue weighted by Crippen LogP contribution is 2.42. The number of nitrogens with zero attached hydrogens (tertiary/aromatic N) is 2. The second-order valence-electron chi connectivity index (χ2n) is 12.9. The summed E-state index contributed by atoms with van der Waals surface area (Å²) in [4.78, 5) is 27.8. The molecule has 5 atom stereocenters. The maximum Gasteiger partial charge on any atom is 0.471 e. The normalized spacial score (nSPS) is 24.9. The Morgan fingerprint density at radius 3 is 2.31 bits per heavy atom. The molecule has 12 heteroatoms. The van der Waals surface area contributed by atoms with Gasteiger partial charge in [0.2, 0.25) is 5.91 Å². The van der Waals surface area contributed by atoms with Crippen molar-refractivity contribution < 1.29 is 42.1 Å². The number of ether oxygens (including phenoxy) is 3. The first-order valence-corrected chi connectivity index (χ1v) is 16.8. The number of aliphatic hydroxyl groups is 1. The molecular weight excluding hydrogens is 639 g/mol. The zero-order valence-corrected chi connectivity index (χ0v) is 27.4. The summed E-state index contributed by atoms with van der Waals surface area (Å²) in [6.07, 6.45) is -5.47. The molecule has 3 aliphatic rings. The van der Waals surface area contributed by atoms with Gasteiger partial charge in [-0.2, -0.15) is 13.2 Å². The van der Waals surface area contributed by atoms with Gasteiger partial charge in [-0.25, -0.2) is 0 Å². The molecule has 3 aromatic carbocycles. The fourth-order valence-corrected chi connectivity index (χ4v) is 6.89. The number of nitrogens with one attached hydrogen (secondary N) is 1. The molecule has 262 valence electrons. The second-order valence-corrected chi connectivity index (χ2v) is 12.9. The van der Waals surface area contributed by atoms with Crippen molar-refractivity contribution in [1.82, 2.24) is 15.1 Å². The minimum absolute atomic E-state index is 0.0311. The average molecular weight is 682 g/mol. The quantitative estimate of drug-likeness (QED) is 0.323. The Morgan fingerprint density at radius 1 is 0.918 bits per heavy atom. The van der Waals surface area contributed by atoms with Crippen molar-refractivity contribution in [2.24, 2.45) is 5.92 Å². The number of halogens is 3. The van der Waals surface area contributed by atoms with Crippen molar-refractivity contribution in [2.45, 2.75) is 63.6 Å². The number of rotatable bonds is 9. The molecule has 0 saturated carbocycles. The van der Waals surface area contributed by atoms with E-state index in [2.05, 4.69) is 17.1 Å².